The maximum Gasteiger partial charge on any atom is 0.338 e. The van der Waals surface area contributed by atoms with Crippen LogP contribution in [0, 0.1) is 0 Å². The zero-order valence-corrected chi connectivity index (χ0v) is 19.8. The highest BCUT2D eigenvalue weighted by Crippen LogP contribution is 2.36. The van der Waals surface area contributed by atoms with Gasteiger partial charge in [-0.25, -0.2) is 4.79 Å². The van der Waals surface area contributed by atoms with Crippen LogP contribution in [-0.4, -0.2) is 25.6 Å². The highest BCUT2D eigenvalue weighted by Gasteiger charge is 2.30. The van der Waals surface area contributed by atoms with Crippen LogP contribution in [0.15, 0.2) is 88.9 Å². The number of rotatable bonds is 6. The van der Waals surface area contributed by atoms with E-state index in [1.807, 2.05) is 60.7 Å². The Morgan fingerprint density at radius 1 is 1.03 bits per heavy atom. The summed E-state index contributed by atoms with van der Waals surface area (Å²) in [6, 6.07) is 22.3. The summed E-state index contributed by atoms with van der Waals surface area (Å²) in [5.74, 6) is 0.185. The summed E-state index contributed by atoms with van der Waals surface area (Å²) in [5.41, 5.74) is 4.22. The quantitative estimate of drug-likeness (QED) is 0.301. The Bertz CT molecular complexity index is 1250. The van der Waals surface area contributed by atoms with Crippen molar-refractivity contribution in [2.75, 3.05) is 18.6 Å². The second-order valence-electron chi connectivity index (χ2n) is 7.30. The van der Waals surface area contributed by atoms with E-state index in [0.717, 1.165) is 27.0 Å². The lowest BCUT2D eigenvalue weighted by Gasteiger charge is -2.21. The van der Waals surface area contributed by atoms with Gasteiger partial charge in [-0.2, -0.15) is 0 Å². The zero-order valence-electron chi connectivity index (χ0n) is 18.2. The first-order valence-electron chi connectivity index (χ1n) is 10.5. The molecule has 0 radical (unpaired) electrons. The fraction of sp³-hybridized carbons (Fsp3) is 0.111. The van der Waals surface area contributed by atoms with E-state index in [1.165, 1.54) is 0 Å². The average Bonchev–Trinajstić information content (AvgIpc) is 3.16. The van der Waals surface area contributed by atoms with Crippen molar-refractivity contribution in [3.63, 3.8) is 0 Å². The molecule has 1 aliphatic rings. The third-order valence-electron chi connectivity index (χ3n) is 5.19. The average molecular weight is 504 g/mol. The molecule has 3 aromatic rings. The predicted molar refractivity (Wildman–Crippen MR) is 133 cm³/mol. The number of amides is 1. The summed E-state index contributed by atoms with van der Waals surface area (Å²) in [6.45, 7) is 2.07. The number of esters is 1. The van der Waals surface area contributed by atoms with Crippen LogP contribution >= 0.6 is 15.9 Å². The first-order chi connectivity index (χ1) is 16.0. The molecule has 3 aromatic carbocycles. The summed E-state index contributed by atoms with van der Waals surface area (Å²) in [7, 11) is 1.61. The lowest BCUT2D eigenvalue weighted by molar-refractivity contribution is -0.113. The lowest BCUT2D eigenvalue weighted by Crippen LogP contribution is -2.25. The Morgan fingerprint density at radius 2 is 1.76 bits per heavy atom. The van der Waals surface area contributed by atoms with E-state index >= 15 is 0 Å². The van der Waals surface area contributed by atoms with Gasteiger partial charge < -0.3 is 9.47 Å². The van der Waals surface area contributed by atoms with E-state index in [1.54, 1.807) is 43.2 Å². The fourth-order valence-corrected chi connectivity index (χ4v) is 4.16. The SMILES string of the molecule is CCOC(=O)c1ccc(N2C(=O)/C(=C/c3ccc(OC)c(Br)c3)C=C2c2ccccc2)cc1. The second-order valence-corrected chi connectivity index (χ2v) is 8.15. The van der Waals surface area contributed by atoms with Crippen molar-refractivity contribution in [2.45, 2.75) is 6.92 Å². The topological polar surface area (TPSA) is 55.8 Å². The number of nitrogens with zero attached hydrogens (tertiary/aromatic N) is 1. The van der Waals surface area contributed by atoms with Crippen LogP contribution in [0.5, 0.6) is 5.75 Å². The van der Waals surface area contributed by atoms with E-state index in [0.29, 0.717) is 23.4 Å². The molecule has 0 saturated carbocycles. The van der Waals surface area contributed by atoms with Crippen LogP contribution in [0.2, 0.25) is 0 Å². The highest BCUT2D eigenvalue weighted by molar-refractivity contribution is 9.10. The number of anilines is 1. The number of methoxy groups -OCH3 is 1. The number of hydrogen-bond donors (Lipinski definition) is 0. The molecule has 0 unspecified atom stereocenters. The summed E-state index contributed by atoms with van der Waals surface area (Å²) < 4.78 is 11.2. The molecule has 6 heteroatoms. The van der Waals surface area contributed by atoms with Crippen LogP contribution in [0.1, 0.15) is 28.4 Å². The molecule has 4 rings (SSSR count). The van der Waals surface area contributed by atoms with Crippen molar-refractivity contribution >= 4 is 45.3 Å². The first-order valence-corrected chi connectivity index (χ1v) is 11.2. The number of halogens is 1. The standard InChI is InChI=1S/C27H22BrNO4/c1-3-33-27(31)20-10-12-22(13-11-20)29-24(19-7-5-4-6-8-19)17-21(26(29)30)15-18-9-14-25(32-2)23(28)16-18/h4-17H,3H2,1-2H3/b21-15+. The minimum absolute atomic E-state index is 0.148. The molecule has 33 heavy (non-hydrogen) atoms. The van der Waals surface area contributed by atoms with Crippen LogP contribution in [0.4, 0.5) is 5.69 Å². The smallest absolute Gasteiger partial charge is 0.338 e. The van der Waals surface area contributed by atoms with Gasteiger partial charge in [0.25, 0.3) is 5.91 Å². The van der Waals surface area contributed by atoms with Gasteiger partial charge in [-0.3, -0.25) is 9.69 Å². The molecule has 0 aromatic heterocycles. The molecule has 0 bridgehead atoms. The summed E-state index contributed by atoms with van der Waals surface area (Å²) >= 11 is 3.50. The Balaban J connectivity index is 1.74. The normalized spacial score (nSPS) is 14.4. The maximum atomic E-state index is 13.5. The van der Waals surface area contributed by atoms with Crippen molar-refractivity contribution in [3.8, 4) is 5.75 Å². The van der Waals surface area contributed by atoms with Crippen molar-refractivity contribution in [3.05, 3.63) is 106 Å². The number of carbonyl (C=O) groups is 2. The number of hydrogen-bond acceptors (Lipinski definition) is 4. The summed E-state index contributed by atoms with van der Waals surface area (Å²) in [4.78, 5) is 27.2. The van der Waals surface area contributed by atoms with Gasteiger partial charge in [0.1, 0.15) is 5.75 Å². The van der Waals surface area contributed by atoms with Gasteiger partial charge in [0.05, 0.1) is 29.4 Å². The van der Waals surface area contributed by atoms with Gasteiger partial charge in [0.15, 0.2) is 0 Å². The molecule has 1 heterocycles. The number of carbonyl (C=O) groups excluding carboxylic acids is 2. The number of benzene rings is 3. The van der Waals surface area contributed by atoms with Gasteiger partial charge >= 0.3 is 5.97 Å². The second kappa shape index (κ2) is 9.88. The van der Waals surface area contributed by atoms with Gasteiger partial charge in [0, 0.05) is 11.3 Å². The lowest BCUT2D eigenvalue weighted by atomic mass is 10.1. The third-order valence-corrected chi connectivity index (χ3v) is 5.81. The van der Waals surface area contributed by atoms with Gasteiger partial charge in [-0.05, 0) is 82.5 Å². The molecule has 0 aliphatic carbocycles. The summed E-state index contributed by atoms with van der Waals surface area (Å²) in [5, 5.41) is 0. The van der Waals surface area contributed by atoms with Gasteiger partial charge in [-0.1, -0.05) is 36.4 Å². The highest BCUT2D eigenvalue weighted by atomic mass is 79.9. The Hall–Kier alpha value is -3.64. The molecule has 166 valence electrons. The van der Waals surface area contributed by atoms with Crippen molar-refractivity contribution in [2.24, 2.45) is 0 Å². The minimum Gasteiger partial charge on any atom is -0.496 e. The molecule has 0 fully saturated rings. The minimum atomic E-state index is -0.388. The molecule has 1 aliphatic heterocycles. The van der Waals surface area contributed by atoms with E-state index < -0.39 is 0 Å². The van der Waals surface area contributed by atoms with Crippen LogP contribution in [0.25, 0.3) is 11.8 Å². The van der Waals surface area contributed by atoms with Crippen molar-refractivity contribution in [1.82, 2.24) is 0 Å². The van der Waals surface area contributed by atoms with Crippen LogP contribution in [-0.2, 0) is 9.53 Å². The van der Waals surface area contributed by atoms with Crippen molar-refractivity contribution in [1.29, 1.82) is 0 Å². The van der Waals surface area contributed by atoms with E-state index in [-0.39, 0.29) is 11.9 Å². The summed E-state index contributed by atoms with van der Waals surface area (Å²) in [6.07, 6.45) is 3.73. The van der Waals surface area contributed by atoms with Gasteiger partial charge in [0.2, 0.25) is 0 Å². The molecule has 5 nitrogen and oxygen atoms in total. The maximum absolute atomic E-state index is 13.5. The number of ether oxygens (including phenoxy) is 2. The predicted octanol–water partition coefficient (Wildman–Crippen LogP) is 6.11. The zero-order chi connectivity index (χ0) is 23.4. The fourth-order valence-electron chi connectivity index (χ4n) is 3.61. The monoisotopic (exact) mass is 503 g/mol. The Morgan fingerprint density at radius 3 is 2.39 bits per heavy atom. The van der Waals surface area contributed by atoms with E-state index in [4.69, 9.17) is 9.47 Å². The molecular formula is C27H22BrNO4. The Kier molecular flexibility index (Phi) is 6.75. The Labute approximate surface area is 201 Å². The van der Waals surface area contributed by atoms with E-state index in [2.05, 4.69) is 15.9 Å². The molecule has 0 atom stereocenters. The molecule has 0 N–H and O–H groups in total. The largest absolute Gasteiger partial charge is 0.496 e. The molecule has 1 amide bonds. The van der Waals surface area contributed by atoms with Crippen LogP contribution in [0.3, 0.4) is 0 Å². The van der Waals surface area contributed by atoms with Crippen molar-refractivity contribution < 1.29 is 19.1 Å². The van der Waals surface area contributed by atoms with E-state index in [9.17, 15) is 9.59 Å². The molecular weight excluding hydrogens is 482 g/mol. The third kappa shape index (κ3) is 4.76. The molecule has 0 spiro atoms. The van der Waals surface area contributed by atoms with Gasteiger partial charge in [-0.15, -0.1) is 0 Å². The molecule has 0 saturated heterocycles. The van der Waals surface area contributed by atoms with Crippen LogP contribution < -0.4 is 9.64 Å². The first kappa shape index (κ1) is 22.6.